The number of benzene rings is 1. The molecule has 0 aliphatic heterocycles. The molecule has 0 amide bonds. The first kappa shape index (κ1) is 12.3. The third-order valence-corrected chi connectivity index (χ3v) is 3.39. The van der Waals surface area contributed by atoms with Crippen molar-refractivity contribution in [3.8, 4) is 5.82 Å². The fourth-order valence-electron chi connectivity index (χ4n) is 2.14. The summed E-state index contributed by atoms with van der Waals surface area (Å²) in [7, 11) is 1.93. The Balaban J connectivity index is 2.21. The molecule has 3 rings (SSSR count). The molecular weight excluding hydrogens is 304 g/mol. The second-order valence-electron chi connectivity index (χ2n) is 4.27. The van der Waals surface area contributed by atoms with Crippen LogP contribution in [0.5, 0.6) is 0 Å². The molecule has 2 aromatic heterocycles. The highest BCUT2D eigenvalue weighted by Gasteiger charge is 2.10. The number of nitrogens with one attached hydrogen (secondary N) is 1. The number of halogens is 1. The van der Waals surface area contributed by atoms with E-state index in [-0.39, 0.29) is 0 Å². The van der Waals surface area contributed by atoms with Crippen LogP contribution >= 0.6 is 15.9 Å². The van der Waals surface area contributed by atoms with E-state index >= 15 is 0 Å². The van der Waals surface area contributed by atoms with Gasteiger partial charge < -0.3 is 5.32 Å². The topological polar surface area (TPSA) is 42.7 Å². The number of imidazole rings is 1. The van der Waals surface area contributed by atoms with Crippen LogP contribution in [0.25, 0.3) is 16.9 Å². The van der Waals surface area contributed by atoms with Crippen molar-refractivity contribution in [2.75, 3.05) is 7.05 Å². The van der Waals surface area contributed by atoms with Crippen molar-refractivity contribution in [3.05, 3.63) is 52.9 Å². The van der Waals surface area contributed by atoms with E-state index < -0.39 is 0 Å². The van der Waals surface area contributed by atoms with Crippen LogP contribution in [0, 0.1) is 0 Å². The first-order chi connectivity index (χ1) is 9.29. The molecule has 4 nitrogen and oxygen atoms in total. The van der Waals surface area contributed by atoms with Gasteiger partial charge in [0, 0.05) is 22.8 Å². The maximum Gasteiger partial charge on any atom is 0.142 e. The number of fused-ring (bicyclic) bond motifs is 1. The summed E-state index contributed by atoms with van der Waals surface area (Å²) in [6.45, 7) is 0.758. The van der Waals surface area contributed by atoms with Gasteiger partial charge in [0.25, 0.3) is 0 Å². The van der Waals surface area contributed by atoms with E-state index in [9.17, 15) is 0 Å². The third-order valence-electron chi connectivity index (χ3n) is 2.96. The number of hydrogen-bond acceptors (Lipinski definition) is 3. The van der Waals surface area contributed by atoms with Gasteiger partial charge in [-0.15, -0.1) is 0 Å². The molecular formula is C14H13BrN4. The van der Waals surface area contributed by atoms with Crippen molar-refractivity contribution in [1.29, 1.82) is 0 Å². The van der Waals surface area contributed by atoms with E-state index in [1.807, 2.05) is 42.3 Å². The molecule has 0 atom stereocenters. The molecule has 0 saturated carbocycles. The van der Waals surface area contributed by atoms with Crippen LogP contribution in [0.1, 0.15) is 5.56 Å². The lowest BCUT2D eigenvalue weighted by Crippen LogP contribution is -2.10. The molecule has 5 heteroatoms. The average molecular weight is 317 g/mol. The van der Waals surface area contributed by atoms with Crippen LogP contribution in [0.3, 0.4) is 0 Å². The predicted octanol–water partition coefficient (Wildman–Crippen LogP) is 2.90. The van der Waals surface area contributed by atoms with E-state index in [0.717, 1.165) is 33.4 Å². The molecule has 2 heterocycles. The Kier molecular flexibility index (Phi) is 3.31. The maximum absolute atomic E-state index is 4.53. The van der Waals surface area contributed by atoms with Gasteiger partial charge in [-0.1, -0.05) is 12.1 Å². The first-order valence-electron chi connectivity index (χ1n) is 6.01. The van der Waals surface area contributed by atoms with Crippen LogP contribution in [-0.2, 0) is 6.54 Å². The zero-order chi connectivity index (χ0) is 13.2. The van der Waals surface area contributed by atoms with Crippen LogP contribution < -0.4 is 5.32 Å². The molecule has 1 N–H and O–H groups in total. The fraction of sp³-hybridized carbons (Fsp3) is 0.143. The quantitative estimate of drug-likeness (QED) is 0.808. The van der Waals surface area contributed by atoms with Gasteiger partial charge in [0.15, 0.2) is 0 Å². The number of nitrogens with zero attached hydrogens (tertiary/aromatic N) is 3. The van der Waals surface area contributed by atoms with Crippen LogP contribution in [0.15, 0.2) is 47.3 Å². The molecule has 0 aliphatic carbocycles. The zero-order valence-corrected chi connectivity index (χ0v) is 12.1. The van der Waals surface area contributed by atoms with Crippen LogP contribution in [0.2, 0.25) is 0 Å². The smallest absolute Gasteiger partial charge is 0.142 e. The number of para-hydroxylation sites is 2. The molecule has 0 bridgehead atoms. The number of rotatable bonds is 3. The summed E-state index contributed by atoms with van der Waals surface area (Å²) in [6, 6.07) is 10.1. The van der Waals surface area contributed by atoms with Gasteiger partial charge in [0.05, 0.1) is 11.0 Å². The minimum absolute atomic E-state index is 0.758. The molecule has 19 heavy (non-hydrogen) atoms. The Morgan fingerprint density at radius 3 is 2.95 bits per heavy atom. The Bertz CT molecular complexity index is 720. The Labute approximate surface area is 119 Å². The number of aromatic nitrogens is 3. The van der Waals surface area contributed by atoms with E-state index in [0.29, 0.717) is 0 Å². The highest BCUT2D eigenvalue weighted by molar-refractivity contribution is 9.10. The lowest BCUT2D eigenvalue weighted by atomic mass is 10.2. The highest BCUT2D eigenvalue weighted by Crippen LogP contribution is 2.21. The van der Waals surface area contributed by atoms with E-state index in [4.69, 9.17) is 0 Å². The highest BCUT2D eigenvalue weighted by atomic mass is 79.9. The third kappa shape index (κ3) is 2.27. The Morgan fingerprint density at radius 2 is 2.11 bits per heavy atom. The summed E-state index contributed by atoms with van der Waals surface area (Å²) in [4.78, 5) is 8.94. The summed E-state index contributed by atoms with van der Waals surface area (Å²) in [5.41, 5.74) is 3.16. The monoisotopic (exact) mass is 316 g/mol. The van der Waals surface area contributed by atoms with Gasteiger partial charge in [-0.3, -0.25) is 4.57 Å². The lowest BCUT2D eigenvalue weighted by molar-refractivity contribution is 0.799. The number of pyridine rings is 1. The molecule has 96 valence electrons. The summed E-state index contributed by atoms with van der Waals surface area (Å²) in [5.74, 6) is 0.909. The van der Waals surface area contributed by atoms with Gasteiger partial charge >= 0.3 is 0 Å². The van der Waals surface area contributed by atoms with Crippen molar-refractivity contribution in [2.45, 2.75) is 6.54 Å². The minimum atomic E-state index is 0.758. The SMILES string of the molecule is CNCc1cc(Br)cnc1-n1cnc2ccccc21. The molecule has 0 fully saturated rings. The van der Waals surface area contributed by atoms with Crippen LogP contribution in [-0.4, -0.2) is 21.6 Å². The molecule has 0 radical (unpaired) electrons. The Morgan fingerprint density at radius 1 is 1.26 bits per heavy atom. The molecule has 1 aromatic carbocycles. The van der Waals surface area contributed by atoms with E-state index in [1.54, 1.807) is 0 Å². The van der Waals surface area contributed by atoms with Gasteiger partial charge in [-0.25, -0.2) is 9.97 Å². The van der Waals surface area contributed by atoms with Gasteiger partial charge in [-0.05, 0) is 41.2 Å². The summed E-state index contributed by atoms with van der Waals surface area (Å²) in [5, 5.41) is 3.17. The van der Waals surface area contributed by atoms with Crippen LogP contribution in [0.4, 0.5) is 0 Å². The van der Waals surface area contributed by atoms with Crippen molar-refractivity contribution in [3.63, 3.8) is 0 Å². The molecule has 0 saturated heterocycles. The summed E-state index contributed by atoms with van der Waals surface area (Å²) >= 11 is 3.46. The molecule has 0 unspecified atom stereocenters. The predicted molar refractivity (Wildman–Crippen MR) is 79.3 cm³/mol. The van der Waals surface area contributed by atoms with Gasteiger partial charge in [0.2, 0.25) is 0 Å². The Hall–Kier alpha value is -1.72. The van der Waals surface area contributed by atoms with E-state index in [2.05, 4.69) is 43.3 Å². The minimum Gasteiger partial charge on any atom is -0.316 e. The maximum atomic E-state index is 4.53. The first-order valence-corrected chi connectivity index (χ1v) is 6.80. The fourth-order valence-corrected chi connectivity index (χ4v) is 2.52. The van der Waals surface area contributed by atoms with Crippen molar-refractivity contribution in [2.24, 2.45) is 0 Å². The van der Waals surface area contributed by atoms with Crippen molar-refractivity contribution >= 4 is 27.0 Å². The lowest BCUT2D eigenvalue weighted by Gasteiger charge is -2.10. The summed E-state index contributed by atoms with van der Waals surface area (Å²) in [6.07, 6.45) is 3.63. The second-order valence-corrected chi connectivity index (χ2v) is 5.19. The van der Waals surface area contributed by atoms with Gasteiger partial charge in [0.1, 0.15) is 12.1 Å². The molecule has 0 aliphatic rings. The van der Waals surface area contributed by atoms with Crippen molar-refractivity contribution in [1.82, 2.24) is 19.9 Å². The van der Waals surface area contributed by atoms with E-state index in [1.165, 1.54) is 0 Å². The van der Waals surface area contributed by atoms with Gasteiger partial charge in [-0.2, -0.15) is 0 Å². The van der Waals surface area contributed by atoms with Crippen molar-refractivity contribution < 1.29 is 0 Å². The zero-order valence-electron chi connectivity index (χ0n) is 10.5. The standard InChI is InChI=1S/C14H13BrN4/c1-16-7-10-6-11(15)8-17-14(10)19-9-18-12-4-2-3-5-13(12)19/h2-6,8-9,16H,7H2,1H3. The normalized spacial score (nSPS) is 11.1. The molecule has 0 spiro atoms. The largest absolute Gasteiger partial charge is 0.316 e. The summed E-state index contributed by atoms with van der Waals surface area (Å²) < 4.78 is 3.00. The number of hydrogen-bond donors (Lipinski definition) is 1. The molecule has 3 aromatic rings. The second kappa shape index (κ2) is 5.11. The average Bonchev–Trinajstić information content (AvgIpc) is 2.83.